The molecule has 1 saturated heterocycles. The second kappa shape index (κ2) is 7.95. The molecule has 8 heteroatoms. The third-order valence-electron chi connectivity index (χ3n) is 3.39. The molecular weight excluding hydrogens is 346 g/mol. The van der Waals surface area contributed by atoms with E-state index in [1.54, 1.807) is 6.08 Å². The van der Waals surface area contributed by atoms with Crippen molar-refractivity contribution < 1.29 is 14.7 Å². The summed E-state index contributed by atoms with van der Waals surface area (Å²) in [5, 5.41) is 17.3. The van der Waals surface area contributed by atoms with Crippen LogP contribution in [0.4, 0.5) is 5.69 Å². The van der Waals surface area contributed by atoms with Crippen molar-refractivity contribution in [3.63, 3.8) is 0 Å². The fourth-order valence-electron chi connectivity index (χ4n) is 2.15. The molecule has 1 aliphatic heterocycles. The molecule has 2 rings (SSSR count). The first kappa shape index (κ1) is 18.0. The van der Waals surface area contributed by atoms with Gasteiger partial charge in [-0.2, -0.15) is 5.26 Å². The van der Waals surface area contributed by atoms with Gasteiger partial charge in [0.1, 0.15) is 10.9 Å². The van der Waals surface area contributed by atoms with Gasteiger partial charge < -0.3 is 14.9 Å². The van der Waals surface area contributed by atoms with E-state index in [-0.39, 0.29) is 21.7 Å². The number of nitriles is 1. The summed E-state index contributed by atoms with van der Waals surface area (Å²) in [5.41, 5.74) is 2.01. The SMILES string of the molecule is CN(CCC#N)c1ccc(C=C2C(=O)SC(=S)N2CC(=O)O)cc1. The number of anilines is 1. The van der Waals surface area contributed by atoms with E-state index in [1.165, 1.54) is 4.90 Å². The quantitative estimate of drug-likeness (QED) is 0.610. The number of carboxylic acid groups (broad SMARTS) is 1. The smallest absolute Gasteiger partial charge is 0.323 e. The lowest BCUT2D eigenvalue weighted by Gasteiger charge is -2.18. The Labute approximate surface area is 149 Å². The number of hydrogen-bond acceptors (Lipinski definition) is 6. The Bertz CT molecular complexity index is 738. The number of rotatable bonds is 6. The average Bonchev–Trinajstić information content (AvgIpc) is 2.80. The van der Waals surface area contributed by atoms with Gasteiger partial charge >= 0.3 is 5.97 Å². The van der Waals surface area contributed by atoms with Gasteiger partial charge in [0, 0.05) is 19.3 Å². The molecule has 0 atom stereocenters. The third-order valence-corrected chi connectivity index (χ3v) is 4.65. The summed E-state index contributed by atoms with van der Waals surface area (Å²) in [4.78, 5) is 26.2. The zero-order chi connectivity index (χ0) is 17.7. The summed E-state index contributed by atoms with van der Waals surface area (Å²) >= 11 is 5.92. The van der Waals surface area contributed by atoms with Crippen molar-refractivity contribution in [1.29, 1.82) is 5.26 Å². The van der Waals surface area contributed by atoms with Crippen LogP contribution in [0.15, 0.2) is 30.0 Å². The normalized spacial score (nSPS) is 15.7. The Kier molecular flexibility index (Phi) is 5.95. The molecule has 1 heterocycles. The lowest BCUT2D eigenvalue weighted by atomic mass is 10.1. The Balaban J connectivity index is 2.20. The van der Waals surface area contributed by atoms with Gasteiger partial charge in [-0.15, -0.1) is 0 Å². The first-order valence-corrected chi connectivity index (χ1v) is 8.30. The maximum absolute atomic E-state index is 12.0. The topological polar surface area (TPSA) is 84.6 Å². The molecule has 0 radical (unpaired) electrons. The number of thiocarbonyl (C=S) groups is 1. The number of carboxylic acids is 1. The van der Waals surface area contributed by atoms with Crippen LogP contribution in [0.2, 0.25) is 0 Å². The van der Waals surface area contributed by atoms with Crippen molar-refractivity contribution in [1.82, 2.24) is 4.90 Å². The van der Waals surface area contributed by atoms with E-state index in [9.17, 15) is 9.59 Å². The average molecular weight is 361 g/mol. The summed E-state index contributed by atoms with van der Waals surface area (Å²) < 4.78 is 0.251. The summed E-state index contributed by atoms with van der Waals surface area (Å²) in [5.74, 6) is -1.05. The summed E-state index contributed by atoms with van der Waals surface area (Å²) in [6.07, 6.45) is 2.08. The maximum atomic E-state index is 12.0. The van der Waals surface area contributed by atoms with Crippen molar-refractivity contribution in [2.45, 2.75) is 6.42 Å². The predicted molar refractivity (Wildman–Crippen MR) is 97.5 cm³/mol. The second-order valence-electron chi connectivity index (χ2n) is 5.09. The highest BCUT2D eigenvalue weighted by Crippen LogP contribution is 2.30. The maximum Gasteiger partial charge on any atom is 0.323 e. The van der Waals surface area contributed by atoms with E-state index in [4.69, 9.17) is 22.6 Å². The van der Waals surface area contributed by atoms with Crippen molar-refractivity contribution in [2.24, 2.45) is 0 Å². The number of aliphatic carboxylic acids is 1. The minimum atomic E-state index is -1.05. The van der Waals surface area contributed by atoms with Crippen LogP contribution >= 0.6 is 24.0 Å². The van der Waals surface area contributed by atoms with Gasteiger partial charge in [0.15, 0.2) is 0 Å². The van der Waals surface area contributed by atoms with Crippen LogP contribution in [0.1, 0.15) is 12.0 Å². The molecule has 0 bridgehead atoms. The summed E-state index contributed by atoms with van der Waals surface area (Å²) in [6.45, 7) is 0.297. The predicted octanol–water partition coefficient (Wildman–Crippen LogP) is 2.32. The van der Waals surface area contributed by atoms with Crippen molar-refractivity contribution >= 4 is 51.1 Å². The van der Waals surface area contributed by atoms with Gasteiger partial charge in [-0.3, -0.25) is 9.59 Å². The van der Waals surface area contributed by atoms with Gasteiger partial charge in [0.2, 0.25) is 5.12 Å². The van der Waals surface area contributed by atoms with Gasteiger partial charge in [-0.1, -0.05) is 24.4 Å². The van der Waals surface area contributed by atoms with Crippen LogP contribution < -0.4 is 4.90 Å². The van der Waals surface area contributed by atoms with E-state index >= 15 is 0 Å². The minimum absolute atomic E-state index is 0.251. The summed E-state index contributed by atoms with van der Waals surface area (Å²) in [6, 6.07) is 9.54. The summed E-state index contributed by atoms with van der Waals surface area (Å²) in [7, 11) is 1.90. The highest BCUT2D eigenvalue weighted by Gasteiger charge is 2.32. The van der Waals surface area contributed by atoms with E-state index in [0.717, 1.165) is 23.0 Å². The number of thioether (sulfide) groups is 1. The Morgan fingerprint density at radius 2 is 2.12 bits per heavy atom. The molecule has 0 amide bonds. The molecule has 1 aromatic carbocycles. The molecule has 1 aromatic rings. The Morgan fingerprint density at radius 3 is 2.71 bits per heavy atom. The second-order valence-corrected chi connectivity index (χ2v) is 6.69. The molecule has 0 unspecified atom stereocenters. The molecule has 1 N–H and O–H groups in total. The Hall–Kier alpha value is -2.37. The standard InChI is InChI=1S/C16H15N3O3S2/c1-18(8-2-7-17)12-5-3-11(4-6-12)9-13-15(22)24-16(23)19(13)10-14(20)21/h3-6,9H,2,8,10H2,1H3,(H,20,21). The largest absolute Gasteiger partial charge is 0.480 e. The third kappa shape index (κ3) is 4.34. The number of nitrogens with zero attached hydrogens (tertiary/aromatic N) is 3. The van der Waals surface area contributed by atoms with Crippen LogP contribution in [0.5, 0.6) is 0 Å². The number of carbonyl (C=O) groups is 2. The highest BCUT2D eigenvalue weighted by atomic mass is 32.2. The molecular formula is C16H15N3O3S2. The fourth-order valence-corrected chi connectivity index (χ4v) is 3.24. The molecule has 0 aliphatic carbocycles. The van der Waals surface area contributed by atoms with Gasteiger partial charge in [0.25, 0.3) is 0 Å². The minimum Gasteiger partial charge on any atom is -0.480 e. The van der Waals surface area contributed by atoms with E-state index < -0.39 is 5.97 Å². The zero-order valence-electron chi connectivity index (χ0n) is 12.9. The molecule has 0 spiro atoms. The molecule has 124 valence electrons. The lowest BCUT2D eigenvalue weighted by Crippen LogP contribution is -2.28. The Morgan fingerprint density at radius 1 is 1.46 bits per heavy atom. The van der Waals surface area contributed by atoms with Crippen LogP contribution in [-0.4, -0.2) is 45.5 Å². The number of carbonyl (C=O) groups excluding carboxylic acids is 1. The van der Waals surface area contributed by atoms with Crippen LogP contribution in [0.3, 0.4) is 0 Å². The van der Waals surface area contributed by atoms with E-state index in [0.29, 0.717) is 13.0 Å². The molecule has 1 fully saturated rings. The van der Waals surface area contributed by atoms with Crippen molar-refractivity contribution in [2.75, 3.05) is 25.0 Å². The number of hydrogen-bond donors (Lipinski definition) is 1. The molecule has 0 saturated carbocycles. The number of benzene rings is 1. The first-order valence-electron chi connectivity index (χ1n) is 7.07. The van der Waals surface area contributed by atoms with Gasteiger partial charge in [-0.25, -0.2) is 0 Å². The zero-order valence-corrected chi connectivity index (χ0v) is 14.6. The molecule has 6 nitrogen and oxygen atoms in total. The lowest BCUT2D eigenvalue weighted by molar-refractivity contribution is -0.137. The van der Waals surface area contributed by atoms with Crippen LogP contribution in [-0.2, 0) is 9.59 Å². The van der Waals surface area contributed by atoms with E-state index in [2.05, 4.69) is 6.07 Å². The molecule has 0 aromatic heterocycles. The van der Waals surface area contributed by atoms with Crippen molar-refractivity contribution in [3.8, 4) is 6.07 Å². The van der Waals surface area contributed by atoms with Crippen LogP contribution in [0, 0.1) is 11.3 Å². The van der Waals surface area contributed by atoms with Gasteiger partial charge in [0.05, 0.1) is 18.2 Å². The molecule has 24 heavy (non-hydrogen) atoms. The highest BCUT2D eigenvalue weighted by molar-refractivity contribution is 8.33. The van der Waals surface area contributed by atoms with E-state index in [1.807, 2.05) is 36.2 Å². The monoisotopic (exact) mass is 361 g/mol. The molecule has 1 aliphatic rings. The fraction of sp³-hybridized carbons (Fsp3) is 0.250. The van der Waals surface area contributed by atoms with Crippen LogP contribution in [0.25, 0.3) is 6.08 Å². The van der Waals surface area contributed by atoms with Crippen molar-refractivity contribution in [3.05, 3.63) is 35.5 Å². The van der Waals surface area contributed by atoms with Gasteiger partial charge in [-0.05, 0) is 35.5 Å². The first-order chi connectivity index (χ1) is 11.4.